The number of nitrogens with one attached hydrogen (secondary N) is 1. The Labute approximate surface area is 117 Å². The molecule has 1 aliphatic rings. The van der Waals surface area contributed by atoms with Gasteiger partial charge in [0.1, 0.15) is 0 Å². The number of hydrogen-bond donors (Lipinski definition) is 2. The molecule has 0 amide bonds. The third-order valence-corrected chi connectivity index (χ3v) is 5.48. The molecule has 5 nitrogen and oxygen atoms in total. The first-order valence-corrected chi connectivity index (χ1v) is 8.83. The molecule has 1 rings (SSSR count). The van der Waals surface area contributed by atoms with Crippen LogP contribution in [0.15, 0.2) is 0 Å². The molecular weight excluding hydrogens is 264 g/mol. The van der Waals surface area contributed by atoms with Crippen molar-refractivity contribution >= 4 is 10.2 Å². The van der Waals surface area contributed by atoms with E-state index in [0.717, 1.165) is 44.9 Å². The van der Waals surface area contributed by atoms with E-state index < -0.39 is 15.7 Å². The van der Waals surface area contributed by atoms with E-state index in [1.165, 1.54) is 4.31 Å². The summed E-state index contributed by atoms with van der Waals surface area (Å²) in [6.45, 7) is 4.90. The van der Waals surface area contributed by atoms with Gasteiger partial charge in [-0.3, -0.25) is 0 Å². The van der Waals surface area contributed by atoms with Gasteiger partial charge in [-0.25, -0.2) is 0 Å². The molecule has 1 aliphatic carbocycles. The van der Waals surface area contributed by atoms with E-state index in [-0.39, 0.29) is 6.61 Å². The molecule has 0 aliphatic heterocycles. The second-order valence-electron chi connectivity index (χ2n) is 5.51. The zero-order chi connectivity index (χ0) is 14.4. The summed E-state index contributed by atoms with van der Waals surface area (Å²) in [5.74, 6) is 0. The molecule has 1 saturated carbocycles. The Morgan fingerprint density at radius 3 is 2.05 bits per heavy atom. The van der Waals surface area contributed by atoms with Crippen LogP contribution in [0.2, 0.25) is 0 Å². The van der Waals surface area contributed by atoms with Crippen molar-refractivity contribution in [2.75, 3.05) is 19.7 Å². The molecule has 0 aromatic heterocycles. The molecule has 0 atom stereocenters. The average Bonchev–Trinajstić information content (AvgIpc) is 2.39. The lowest BCUT2D eigenvalue weighted by Crippen LogP contribution is -2.56. The minimum absolute atomic E-state index is 0.113. The summed E-state index contributed by atoms with van der Waals surface area (Å²) in [4.78, 5) is 0. The third-order valence-electron chi connectivity index (χ3n) is 3.74. The fourth-order valence-corrected chi connectivity index (χ4v) is 4.50. The molecule has 19 heavy (non-hydrogen) atoms. The molecule has 0 bridgehead atoms. The van der Waals surface area contributed by atoms with Crippen LogP contribution in [-0.2, 0) is 10.2 Å². The van der Waals surface area contributed by atoms with Crippen LogP contribution < -0.4 is 4.72 Å². The van der Waals surface area contributed by atoms with Gasteiger partial charge in [0, 0.05) is 13.1 Å². The summed E-state index contributed by atoms with van der Waals surface area (Å²) in [5, 5.41) is 9.60. The van der Waals surface area contributed by atoms with Crippen molar-refractivity contribution in [2.24, 2.45) is 0 Å². The molecule has 2 N–H and O–H groups in total. The van der Waals surface area contributed by atoms with Crippen LogP contribution in [0.4, 0.5) is 0 Å². The summed E-state index contributed by atoms with van der Waals surface area (Å²) < 4.78 is 29.2. The first-order chi connectivity index (χ1) is 8.99. The van der Waals surface area contributed by atoms with E-state index >= 15 is 0 Å². The van der Waals surface area contributed by atoms with E-state index in [4.69, 9.17) is 0 Å². The Morgan fingerprint density at radius 1 is 1.11 bits per heavy atom. The average molecular weight is 292 g/mol. The van der Waals surface area contributed by atoms with Gasteiger partial charge in [-0.05, 0) is 25.7 Å². The van der Waals surface area contributed by atoms with Gasteiger partial charge >= 0.3 is 0 Å². The summed E-state index contributed by atoms with van der Waals surface area (Å²) in [6, 6.07) is 0. The smallest absolute Gasteiger partial charge is 0.280 e. The molecule has 6 heteroatoms. The van der Waals surface area contributed by atoms with E-state index in [1.54, 1.807) is 0 Å². The van der Waals surface area contributed by atoms with Gasteiger partial charge in [-0.1, -0.05) is 33.1 Å². The molecule has 0 aromatic rings. The van der Waals surface area contributed by atoms with Crippen LogP contribution in [0.1, 0.15) is 58.8 Å². The maximum Gasteiger partial charge on any atom is 0.280 e. The molecule has 0 heterocycles. The largest absolute Gasteiger partial charge is 0.394 e. The highest BCUT2D eigenvalue weighted by Gasteiger charge is 2.37. The van der Waals surface area contributed by atoms with Crippen LogP contribution in [0.25, 0.3) is 0 Å². The SMILES string of the molecule is CCCN(CCC)S(=O)(=O)NC1(CO)CCCCC1. The van der Waals surface area contributed by atoms with Gasteiger partial charge in [0.05, 0.1) is 12.1 Å². The van der Waals surface area contributed by atoms with Crippen LogP contribution in [0, 0.1) is 0 Å². The highest BCUT2D eigenvalue weighted by atomic mass is 32.2. The molecular formula is C13H28N2O3S. The summed E-state index contributed by atoms with van der Waals surface area (Å²) in [5.41, 5.74) is -0.642. The minimum atomic E-state index is -3.49. The van der Waals surface area contributed by atoms with Crippen molar-refractivity contribution < 1.29 is 13.5 Å². The number of aliphatic hydroxyl groups excluding tert-OH is 1. The van der Waals surface area contributed by atoms with Crippen LogP contribution in [0.5, 0.6) is 0 Å². The first kappa shape index (κ1) is 16.9. The highest BCUT2D eigenvalue weighted by molar-refractivity contribution is 7.87. The number of rotatable bonds is 8. The van der Waals surface area contributed by atoms with Crippen LogP contribution in [0.3, 0.4) is 0 Å². The highest BCUT2D eigenvalue weighted by Crippen LogP contribution is 2.28. The van der Waals surface area contributed by atoms with Crippen LogP contribution >= 0.6 is 0 Å². The number of nitrogens with zero attached hydrogens (tertiary/aromatic N) is 1. The lowest BCUT2D eigenvalue weighted by atomic mass is 9.83. The fourth-order valence-electron chi connectivity index (χ4n) is 2.71. The lowest BCUT2D eigenvalue weighted by Gasteiger charge is -2.37. The van der Waals surface area contributed by atoms with Crippen molar-refractivity contribution in [3.8, 4) is 0 Å². The van der Waals surface area contributed by atoms with Crippen molar-refractivity contribution in [3.05, 3.63) is 0 Å². The summed E-state index contributed by atoms with van der Waals surface area (Å²) >= 11 is 0. The van der Waals surface area contributed by atoms with E-state index in [2.05, 4.69) is 4.72 Å². The van der Waals surface area contributed by atoms with Crippen LogP contribution in [-0.4, -0.2) is 43.1 Å². The topological polar surface area (TPSA) is 69.6 Å². The molecule has 0 spiro atoms. The van der Waals surface area contributed by atoms with Crippen molar-refractivity contribution in [3.63, 3.8) is 0 Å². The minimum Gasteiger partial charge on any atom is -0.394 e. The second kappa shape index (κ2) is 7.57. The molecule has 1 fully saturated rings. The molecule has 114 valence electrons. The Morgan fingerprint density at radius 2 is 1.63 bits per heavy atom. The predicted octanol–water partition coefficient (Wildman–Crippen LogP) is 1.64. The predicted molar refractivity (Wildman–Crippen MR) is 77.1 cm³/mol. The Bertz CT molecular complexity index is 345. The van der Waals surface area contributed by atoms with Gasteiger partial charge in [-0.15, -0.1) is 0 Å². The Balaban J connectivity index is 2.79. The van der Waals surface area contributed by atoms with Gasteiger partial charge < -0.3 is 5.11 Å². The van der Waals surface area contributed by atoms with Gasteiger partial charge in [0.25, 0.3) is 10.2 Å². The Kier molecular flexibility index (Phi) is 6.73. The zero-order valence-electron chi connectivity index (χ0n) is 12.2. The molecule has 0 radical (unpaired) electrons. The van der Waals surface area contributed by atoms with Crippen molar-refractivity contribution in [1.29, 1.82) is 0 Å². The van der Waals surface area contributed by atoms with Crippen molar-refractivity contribution in [1.82, 2.24) is 9.03 Å². The zero-order valence-corrected chi connectivity index (χ0v) is 13.0. The quantitative estimate of drug-likeness (QED) is 0.714. The number of hydrogen-bond acceptors (Lipinski definition) is 3. The van der Waals surface area contributed by atoms with Crippen molar-refractivity contribution in [2.45, 2.75) is 64.3 Å². The molecule has 0 saturated heterocycles. The Hall–Kier alpha value is -0.170. The maximum atomic E-state index is 12.4. The van der Waals surface area contributed by atoms with Gasteiger partial charge in [0.15, 0.2) is 0 Å². The molecule has 0 aromatic carbocycles. The van der Waals surface area contributed by atoms with Gasteiger partial charge in [0.2, 0.25) is 0 Å². The maximum absolute atomic E-state index is 12.4. The number of aliphatic hydroxyl groups is 1. The van der Waals surface area contributed by atoms with E-state index in [1.807, 2.05) is 13.8 Å². The fraction of sp³-hybridized carbons (Fsp3) is 1.00. The normalized spacial score (nSPS) is 19.8. The standard InChI is InChI=1S/C13H28N2O3S/c1-3-10-15(11-4-2)19(17,18)14-13(12-16)8-6-5-7-9-13/h14,16H,3-12H2,1-2H3. The summed E-state index contributed by atoms with van der Waals surface area (Å²) in [7, 11) is -3.49. The van der Waals surface area contributed by atoms with E-state index in [0.29, 0.717) is 13.1 Å². The third kappa shape index (κ3) is 4.70. The molecule has 0 unspecified atom stereocenters. The first-order valence-electron chi connectivity index (χ1n) is 7.39. The second-order valence-corrected chi connectivity index (χ2v) is 7.18. The van der Waals surface area contributed by atoms with E-state index in [9.17, 15) is 13.5 Å². The lowest BCUT2D eigenvalue weighted by molar-refractivity contribution is 0.139. The summed E-state index contributed by atoms with van der Waals surface area (Å²) in [6.07, 6.45) is 6.14. The van der Waals surface area contributed by atoms with Gasteiger partial charge in [-0.2, -0.15) is 17.4 Å². The monoisotopic (exact) mass is 292 g/mol.